The van der Waals surface area contributed by atoms with Gasteiger partial charge in [0.1, 0.15) is 0 Å². The van der Waals surface area contributed by atoms with Gasteiger partial charge in [0, 0.05) is 23.7 Å². The number of hydrogen-bond acceptors (Lipinski definition) is 5. The number of sulfonamides is 1. The quantitative estimate of drug-likeness (QED) is 0.854. The average Bonchev–Trinajstić information content (AvgIpc) is 3.09. The molecule has 1 aliphatic heterocycles. The number of benzene rings is 1. The van der Waals surface area contributed by atoms with Gasteiger partial charge >= 0.3 is 0 Å². The molecular formula is C15H15N3O3S2. The molecule has 1 aliphatic rings. The topological polar surface area (TPSA) is 93.4 Å². The van der Waals surface area contributed by atoms with Crippen LogP contribution in [-0.4, -0.2) is 25.9 Å². The molecule has 3 rings (SSSR count). The fourth-order valence-electron chi connectivity index (χ4n) is 2.47. The van der Waals surface area contributed by atoms with Crippen LogP contribution in [-0.2, 0) is 21.2 Å². The van der Waals surface area contributed by atoms with E-state index in [2.05, 4.69) is 4.98 Å². The minimum Gasteiger partial charge on any atom is -0.308 e. The molecule has 0 saturated carbocycles. The molecule has 1 amide bonds. The van der Waals surface area contributed by atoms with Crippen molar-refractivity contribution in [3.63, 3.8) is 0 Å². The molecule has 2 aromatic rings. The van der Waals surface area contributed by atoms with Gasteiger partial charge in [0.05, 0.1) is 15.6 Å². The molecule has 23 heavy (non-hydrogen) atoms. The molecule has 6 nitrogen and oxygen atoms in total. The van der Waals surface area contributed by atoms with Crippen LogP contribution in [0.15, 0.2) is 34.6 Å². The third kappa shape index (κ3) is 3.34. The van der Waals surface area contributed by atoms with Crippen LogP contribution in [0, 0.1) is 6.92 Å². The Balaban J connectivity index is 1.86. The number of anilines is 1. The second-order valence-corrected chi connectivity index (χ2v) is 7.82. The van der Waals surface area contributed by atoms with Crippen LogP contribution in [0.2, 0.25) is 0 Å². The molecule has 0 unspecified atom stereocenters. The molecule has 8 heteroatoms. The Bertz CT molecular complexity index is 900. The summed E-state index contributed by atoms with van der Waals surface area (Å²) in [7, 11) is -3.79. The first-order valence-corrected chi connectivity index (χ1v) is 9.34. The smallest absolute Gasteiger partial charge is 0.251 e. The maximum absolute atomic E-state index is 12.4. The molecule has 1 aromatic heterocycles. The van der Waals surface area contributed by atoms with E-state index in [0.29, 0.717) is 18.7 Å². The van der Waals surface area contributed by atoms with Gasteiger partial charge in [-0.25, -0.2) is 18.5 Å². The number of carbonyl (C=O) groups is 1. The van der Waals surface area contributed by atoms with Crippen molar-refractivity contribution in [3.8, 4) is 0 Å². The summed E-state index contributed by atoms with van der Waals surface area (Å²) in [6.45, 7) is 2.41. The SMILES string of the molecule is Cc1nc(/C=C/C(=O)N2CCc3ccc(S(N)(=O)=O)cc32)cs1. The van der Waals surface area contributed by atoms with Crippen LogP contribution in [0.5, 0.6) is 0 Å². The number of primary sulfonamides is 1. The molecule has 2 N–H and O–H groups in total. The summed E-state index contributed by atoms with van der Waals surface area (Å²) in [5.41, 5.74) is 2.27. The number of hydrogen-bond donors (Lipinski definition) is 1. The summed E-state index contributed by atoms with van der Waals surface area (Å²) in [6.07, 6.45) is 3.80. The number of carbonyl (C=O) groups excluding carboxylic acids is 1. The van der Waals surface area contributed by atoms with Crippen LogP contribution < -0.4 is 10.0 Å². The maximum Gasteiger partial charge on any atom is 0.251 e. The third-order valence-corrected chi connectivity index (χ3v) is 5.28. The van der Waals surface area contributed by atoms with Gasteiger partial charge in [0.25, 0.3) is 5.91 Å². The Hall–Kier alpha value is -2.03. The summed E-state index contributed by atoms with van der Waals surface area (Å²) in [5.74, 6) is -0.207. The van der Waals surface area contributed by atoms with E-state index in [1.54, 1.807) is 17.0 Å². The lowest BCUT2D eigenvalue weighted by Crippen LogP contribution is -2.27. The van der Waals surface area contributed by atoms with E-state index in [0.717, 1.165) is 16.3 Å². The van der Waals surface area contributed by atoms with Crippen molar-refractivity contribution >= 4 is 39.0 Å². The van der Waals surface area contributed by atoms with E-state index in [1.165, 1.54) is 29.5 Å². The highest BCUT2D eigenvalue weighted by Crippen LogP contribution is 2.30. The molecule has 0 bridgehead atoms. The number of aromatic nitrogens is 1. The van der Waals surface area contributed by atoms with Gasteiger partial charge < -0.3 is 4.90 Å². The molecule has 0 spiro atoms. The van der Waals surface area contributed by atoms with Gasteiger partial charge in [-0.2, -0.15) is 0 Å². The predicted octanol–water partition coefficient (Wildman–Crippen LogP) is 1.70. The normalized spacial score (nSPS) is 14.4. The molecule has 0 fully saturated rings. The fourth-order valence-corrected chi connectivity index (χ4v) is 3.58. The second kappa shape index (κ2) is 5.88. The lowest BCUT2D eigenvalue weighted by molar-refractivity contribution is -0.114. The van der Waals surface area contributed by atoms with Gasteiger partial charge in [0.2, 0.25) is 10.0 Å². The van der Waals surface area contributed by atoms with Crippen LogP contribution in [0.1, 0.15) is 16.3 Å². The van der Waals surface area contributed by atoms with Crippen LogP contribution in [0.4, 0.5) is 5.69 Å². The lowest BCUT2D eigenvalue weighted by atomic mass is 10.2. The monoisotopic (exact) mass is 349 g/mol. The number of nitrogens with zero attached hydrogens (tertiary/aromatic N) is 2. The van der Waals surface area contributed by atoms with Crippen molar-refractivity contribution in [2.75, 3.05) is 11.4 Å². The fraction of sp³-hybridized carbons (Fsp3) is 0.200. The highest BCUT2D eigenvalue weighted by Gasteiger charge is 2.25. The van der Waals surface area contributed by atoms with Gasteiger partial charge in [-0.3, -0.25) is 4.79 Å². The first kappa shape index (κ1) is 15.9. The zero-order chi connectivity index (χ0) is 16.6. The Labute approximate surface area is 138 Å². The molecule has 1 aromatic carbocycles. The Kier molecular flexibility index (Phi) is 4.05. The first-order valence-electron chi connectivity index (χ1n) is 6.92. The summed E-state index contributed by atoms with van der Waals surface area (Å²) in [6, 6.07) is 4.63. The second-order valence-electron chi connectivity index (χ2n) is 5.20. The molecule has 2 heterocycles. The summed E-state index contributed by atoms with van der Waals surface area (Å²) >= 11 is 1.51. The standard InChI is InChI=1S/C15H15N3O3S2/c1-10-17-12(9-22-10)3-5-15(19)18-7-6-11-2-4-13(8-14(11)18)23(16,20)21/h2-5,8-9H,6-7H2,1H3,(H2,16,20,21)/b5-3+. The van der Waals surface area contributed by atoms with E-state index in [-0.39, 0.29) is 10.8 Å². The van der Waals surface area contributed by atoms with Crippen molar-refractivity contribution in [1.29, 1.82) is 0 Å². The predicted molar refractivity (Wildman–Crippen MR) is 89.8 cm³/mol. The highest BCUT2D eigenvalue weighted by molar-refractivity contribution is 7.89. The zero-order valence-corrected chi connectivity index (χ0v) is 14.0. The molecule has 120 valence electrons. The number of aryl methyl sites for hydroxylation is 1. The van der Waals surface area contributed by atoms with E-state index in [4.69, 9.17) is 5.14 Å². The van der Waals surface area contributed by atoms with Crippen molar-refractivity contribution in [2.45, 2.75) is 18.2 Å². The Morgan fingerprint density at radius 2 is 2.22 bits per heavy atom. The molecule has 0 radical (unpaired) electrons. The van der Waals surface area contributed by atoms with E-state index < -0.39 is 10.0 Å². The van der Waals surface area contributed by atoms with E-state index in [1.807, 2.05) is 12.3 Å². The molecular weight excluding hydrogens is 334 g/mol. The van der Waals surface area contributed by atoms with Gasteiger partial charge in [0.15, 0.2) is 0 Å². The van der Waals surface area contributed by atoms with Crippen LogP contribution >= 0.6 is 11.3 Å². The number of fused-ring (bicyclic) bond motifs is 1. The van der Waals surface area contributed by atoms with E-state index >= 15 is 0 Å². The first-order chi connectivity index (χ1) is 10.8. The third-order valence-electron chi connectivity index (χ3n) is 3.58. The molecule has 0 saturated heterocycles. The maximum atomic E-state index is 12.4. The van der Waals surface area contributed by atoms with Crippen LogP contribution in [0.25, 0.3) is 6.08 Å². The van der Waals surface area contributed by atoms with Gasteiger partial charge in [-0.05, 0) is 37.1 Å². The van der Waals surface area contributed by atoms with Gasteiger partial charge in [-0.15, -0.1) is 11.3 Å². The summed E-state index contributed by atoms with van der Waals surface area (Å²) in [5, 5.41) is 7.96. The summed E-state index contributed by atoms with van der Waals surface area (Å²) < 4.78 is 23.0. The molecule has 0 aliphatic carbocycles. The van der Waals surface area contributed by atoms with Crippen LogP contribution in [0.3, 0.4) is 0 Å². The number of nitrogens with two attached hydrogens (primary N) is 1. The Morgan fingerprint density at radius 1 is 1.43 bits per heavy atom. The number of thiazole rings is 1. The highest BCUT2D eigenvalue weighted by atomic mass is 32.2. The van der Waals surface area contributed by atoms with Crippen molar-refractivity contribution < 1.29 is 13.2 Å². The Morgan fingerprint density at radius 3 is 2.87 bits per heavy atom. The average molecular weight is 349 g/mol. The minimum atomic E-state index is -3.79. The largest absolute Gasteiger partial charge is 0.308 e. The lowest BCUT2D eigenvalue weighted by Gasteiger charge is -2.15. The number of amides is 1. The van der Waals surface area contributed by atoms with Crippen molar-refractivity contribution in [1.82, 2.24) is 4.98 Å². The van der Waals surface area contributed by atoms with Gasteiger partial charge in [-0.1, -0.05) is 6.07 Å². The van der Waals surface area contributed by atoms with E-state index in [9.17, 15) is 13.2 Å². The zero-order valence-electron chi connectivity index (χ0n) is 12.4. The number of rotatable bonds is 3. The summed E-state index contributed by atoms with van der Waals surface area (Å²) in [4.78, 5) is 18.2. The molecule has 0 atom stereocenters. The van der Waals surface area contributed by atoms with Crippen molar-refractivity contribution in [3.05, 3.63) is 45.9 Å². The van der Waals surface area contributed by atoms with Crippen molar-refractivity contribution in [2.24, 2.45) is 5.14 Å². The minimum absolute atomic E-state index is 0.00931.